The average molecular weight is 1700 g/mol. The van der Waals surface area contributed by atoms with Crippen molar-refractivity contribution in [3.8, 4) is 17.2 Å². The van der Waals surface area contributed by atoms with E-state index >= 15 is 0 Å². The smallest absolute Gasteiger partial charge is 0.338 e. The molecule has 0 fully saturated rings. The molecule has 0 amide bonds. The highest BCUT2D eigenvalue weighted by Crippen LogP contribution is 2.29. The maximum Gasteiger partial charge on any atom is 0.338 e. The van der Waals surface area contributed by atoms with Crippen molar-refractivity contribution in [2.45, 2.75) is 169 Å². The van der Waals surface area contributed by atoms with E-state index in [0.717, 1.165) is 82.7 Å². The summed E-state index contributed by atoms with van der Waals surface area (Å²) in [5, 5.41) is 0.624. The van der Waals surface area contributed by atoms with Crippen molar-refractivity contribution < 1.29 is 52.5 Å². The predicted octanol–water partition coefficient (Wildman–Crippen LogP) is 28.4. The summed E-state index contributed by atoms with van der Waals surface area (Å²) in [7, 11) is 0. The zero-order chi connectivity index (χ0) is 91.6. The Labute approximate surface area is 749 Å². The van der Waals surface area contributed by atoms with Crippen LogP contribution in [0.2, 0.25) is 5.02 Å². The number of halogens is 1. The van der Waals surface area contributed by atoms with Gasteiger partial charge < -0.3 is 18.9 Å². The lowest BCUT2D eigenvalue weighted by atomic mass is 9.86. The van der Waals surface area contributed by atoms with Crippen molar-refractivity contribution in [2.75, 3.05) is 26.4 Å². The summed E-state index contributed by atoms with van der Waals surface area (Å²) < 4.78 is 22.5. The molecule has 0 N–H and O–H groups in total. The van der Waals surface area contributed by atoms with E-state index in [-0.39, 0.29) is 67.2 Å². The van der Waals surface area contributed by atoms with Gasteiger partial charge in [-0.25, -0.2) is 4.79 Å². The van der Waals surface area contributed by atoms with Gasteiger partial charge in [-0.05, 0) is 192 Å². The maximum absolute atomic E-state index is 12.6. The Kier molecular flexibility index (Phi) is 38.1. The Morgan fingerprint density at radius 1 is 0.256 bits per heavy atom. The topological polar surface area (TPSA) is 156 Å². The third kappa shape index (κ3) is 36.7. The largest absolute Gasteiger partial charge is 0.494 e. The molecule has 12 aromatic rings. The highest BCUT2D eigenvalue weighted by Gasteiger charge is 2.23. The van der Waals surface area contributed by atoms with Crippen LogP contribution in [-0.2, 0) is 16.6 Å². The lowest BCUT2D eigenvalue weighted by molar-refractivity contribution is 0.0461. The van der Waals surface area contributed by atoms with Crippen molar-refractivity contribution in [1.82, 2.24) is 0 Å². The van der Waals surface area contributed by atoms with Crippen LogP contribution in [0.1, 0.15) is 273 Å². The standard InChI is InChI=1S/C20H22O3.C20H24O2.C19H21ClO2.C19H22O2.C18H20O.C17H18O/c1-20(2,3)13-14-23-19(22)17-12-8-7-11-16(17)18(21)15-9-5-4-6-10-15;1-15-6-5-7-17(14-15)19(21)16-8-10-18(11-9-16)22-13-12-20(2,3)4;1-19(2,3)12-13-22-17-10-6-15(7-11-17)18(21)14-4-8-16(20)9-5-14;1-19(2,3)13-14-21-17-11-9-16(10-12-17)18(20)15-7-5-4-6-8-15;1-18(2,3)13-14-9-11-16(12-10-14)17(19)15-7-5-4-6-8-15;1-17(2,3)15-11-9-14(10-12-15)16(18)13-7-5-4-6-8-13/h4-12H,13-14H2,1-3H3;5-11,14H,12-13H2,1-4H3;4-11H,12-13H2,1-3H3;4-12H,13-14H2,1-3H3;4-12H,13H2,1-3H3;4-12H,1-3H3. The van der Waals surface area contributed by atoms with Crippen molar-refractivity contribution >= 4 is 52.3 Å². The lowest BCUT2D eigenvalue weighted by Crippen LogP contribution is -2.16. The first-order valence-corrected chi connectivity index (χ1v) is 43.3. The molecule has 0 aromatic heterocycles. The van der Waals surface area contributed by atoms with Gasteiger partial charge in [0.1, 0.15) is 17.2 Å². The number of benzene rings is 12. The summed E-state index contributed by atoms with van der Waals surface area (Å²) in [5.41, 5.74) is 13.2. The van der Waals surface area contributed by atoms with Crippen molar-refractivity contribution in [1.29, 1.82) is 0 Å². The van der Waals surface area contributed by atoms with Gasteiger partial charge in [-0.3, -0.25) is 28.8 Å². The highest BCUT2D eigenvalue weighted by molar-refractivity contribution is 6.30. The number of ether oxygens (including phenoxy) is 4. The lowest BCUT2D eigenvalue weighted by Gasteiger charge is -2.18. The molecule has 0 aliphatic rings. The molecule has 0 saturated carbocycles. The summed E-state index contributed by atoms with van der Waals surface area (Å²) in [5.74, 6) is 2.02. The Morgan fingerprint density at radius 2 is 0.520 bits per heavy atom. The average Bonchev–Trinajstić information content (AvgIpc) is 0.758. The van der Waals surface area contributed by atoms with Crippen molar-refractivity contribution in [2.24, 2.45) is 27.1 Å². The molecule has 652 valence electrons. The van der Waals surface area contributed by atoms with E-state index in [1.54, 1.807) is 84.9 Å². The Bertz CT molecular complexity index is 5350. The van der Waals surface area contributed by atoms with E-state index in [1.807, 2.05) is 225 Å². The molecule has 11 nitrogen and oxygen atoms in total. The van der Waals surface area contributed by atoms with E-state index in [2.05, 4.69) is 137 Å². The molecule has 0 unspecified atom stereocenters. The highest BCUT2D eigenvalue weighted by atomic mass is 35.5. The fourth-order valence-electron chi connectivity index (χ4n) is 12.2. The molecule has 0 aliphatic heterocycles. The second-order valence-corrected chi connectivity index (χ2v) is 38.6. The molecule has 12 heteroatoms. The second-order valence-electron chi connectivity index (χ2n) is 38.1. The van der Waals surface area contributed by atoms with Gasteiger partial charge in [-0.2, -0.15) is 0 Å². The van der Waals surface area contributed by atoms with Gasteiger partial charge in [0.15, 0.2) is 34.7 Å². The van der Waals surface area contributed by atoms with Crippen LogP contribution in [0.15, 0.2) is 315 Å². The van der Waals surface area contributed by atoms with E-state index < -0.39 is 5.97 Å². The SMILES string of the molecule is CC(C)(C)CCOC(=O)c1ccccc1C(=O)c1ccccc1.CC(C)(C)CCOc1ccc(C(=O)c2ccc(Cl)cc2)cc1.CC(C)(C)CCOc1ccc(C(=O)c2ccccc2)cc1.CC(C)(C)Cc1ccc(C(=O)c2ccccc2)cc1.CC(C)(C)c1ccc(C(=O)c2ccccc2)cc1.Cc1cccc(C(=O)c2ccc(OCCC(C)(C)C)cc2)c1. The van der Waals surface area contributed by atoms with Crippen molar-refractivity contribution in [3.63, 3.8) is 0 Å². The van der Waals surface area contributed by atoms with E-state index in [1.165, 1.54) is 11.1 Å². The third-order valence-electron chi connectivity index (χ3n) is 19.7. The third-order valence-corrected chi connectivity index (χ3v) is 19.9. The van der Waals surface area contributed by atoms with Crippen LogP contribution in [0, 0.1) is 34.0 Å². The predicted molar refractivity (Wildman–Crippen MR) is 513 cm³/mol. The quantitative estimate of drug-likeness (QED) is 0.0396. The fraction of sp³-hybridized carbons (Fsp3) is 0.301. The molecular formula is C113H127ClO11. The van der Waals surface area contributed by atoms with Crippen LogP contribution >= 0.6 is 11.6 Å². The van der Waals surface area contributed by atoms with Gasteiger partial charge in [-0.15, -0.1) is 0 Å². The number of aryl methyl sites for hydroxylation is 1. The Balaban J connectivity index is 0.000000206. The first-order valence-electron chi connectivity index (χ1n) is 42.9. The molecular weight excluding hydrogens is 1570 g/mol. The number of carbonyl (C=O) groups excluding carboxylic acids is 7. The van der Waals surface area contributed by atoms with Gasteiger partial charge in [0.05, 0.1) is 32.0 Å². The minimum absolute atomic E-state index is 0.0158. The zero-order valence-corrected chi connectivity index (χ0v) is 77.5. The van der Waals surface area contributed by atoms with Crippen LogP contribution in [-0.4, -0.2) is 67.1 Å². The van der Waals surface area contributed by atoms with E-state index in [0.29, 0.717) is 76.0 Å². The fourth-order valence-corrected chi connectivity index (χ4v) is 12.3. The molecule has 0 aliphatic carbocycles. The summed E-state index contributed by atoms with van der Waals surface area (Å²) >= 11 is 5.84. The van der Waals surface area contributed by atoms with Gasteiger partial charge in [0.25, 0.3) is 0 Å². The number of rotatable bonds is 25. The minimum Gasteiger partial charge on any atom is -0.494 e. The van der Waals surface area contributed by atoms with Gasteiger partial charge in [-0.1, -0.05) is 348 Å². The number of ketones is 6. The Morgan fingerprint density at radius 3 is 0.832 bits per heavy atom. The molecule has 0 spiro atoms. The maximum atomic E-state index is 12.6. The first kappa shape index (κ1) is 99.9. The van der Waals surface area contributed by atoms with Crippen LogP contribution < -0.4 is 14.2 Å². The van der Waals surface area contributed by atoms with Gasteiger partial charge in [0, 0.05) is 71.8 Å². The van der Waals surface area contributed by atoms with Crippen LogP contribution in [0.5, 0.6) is 17.2 Å². The summed E-state index contributed by atoms with van der Waals surface area (Å²) in [4.78, 5) is 86.4. The van der Waals surface area contributed by atoms with Crippen LogP contribution in [0.3, 0.4) is 0 Å². The molecule has 12 rings (SSSR count). The number of esters is 1. The van der Waals surface area contributed by atoms with E-state index in [4.69, 9.17) is 30.5 Å². The van der Waals surface area contributed by atoms with Gasteiger partial charge in [0.2, 0.25) is 0 Å². The minimum atomic E-state index is -0.450. The summed E-state index contributed by atoms with van der Waals surface area (Å²) in [6.07, 6.45) is 4.77. The molecule has 0 radical (unpaired) electrons. The van der Waals surface area contributed by atoms with Gasteiger partial charge >= 0.3 is 5.97 Å². The molecule has 12 aromatic carbocycles. The molecule has 0 heterocycles. The molecule has 0 atom stereocenters. The number of hydrogen-bond donors (Lipinski definition) is 0. The molecule has 0 saturated heterocycles. The number of carbonyl (C=O) groups is 7. The summed E-state index contributed by atoms with van der Waals surface area (Å²) in [6.45, 7) is 43.5. The Hall–Kier alpha value is -12.2. The zero-order valence-electron chi connectivity index (χ0n) is 76.8. The molecule has 0 bridgehead atoms. The van der Waals surface area contributed by atoms with Crippen LogP contribution in [0.25, 0.3) is 0 Å². The van der Waals surface area contributed by atoms with Crippen molar-refractivity contribution in [3.05, 3.63) is 409 Å². The monoisotopic (exact) mass is 1690 g/mol. The summed E-state index contributed by atoms with van der Waals surface area (Å²) in [6, 6.07) is 96.3. The number of hydrogen-bond acceptors (Lipinski definition) is 11. The van der Waals surface area contributed by atoms with E-state index in [9.17, 15) is 33.6 Å². The second kappa shape index (κ2) is 47.6. The molecule has 125 heavy (non-hydrogen) atoms. The van der Waals surface area contributed by atoms with Crippen LogP contribution in [0.4, 0.5) is 0 Å². The first-order chi connectivity index (χ1) is 59.0. The normalized spacial score (nSPS) is 11.2.